The van der Waals surface area contributed by atoms with E-state index in [1.54, 1.807) is 39.0 Å². The second-order valence-corrected chi connectivity index (χ2v) is 8.62. The van der Waals surface area contributed by atoms with Crippen LogP contribution < -0.4 is 10.6 Å². The van der Waals surface area contributed by atoms with Crippen molar-refractivity contribution >= 4 is 29.5 Å². The smallest absolute Gasteiger partial charge is 0.404 e. The highest BCUT2D eigenvalue weighted by molar-refractivity contribution is 6.30. The zero-order valence-electron chi connectivity index (χ0n) is 17.3. The quantitative estimate of drug-likeness (QED) is 0.527. The molecule has 1 saturated heterocycles. The number of benzene rings is 1. The normalized spacial score (nSPS) is 17.9. The van der Waals surface area contributed by atoms with E-state index in [1.807, 2.05) is 0 Å². The number of morpholine rings is 1. The van der Waals surface area contributed by atoms with Crippen LogP contribution in [0.25, 0.3) is 0 Å². The van der Waals surface area contributed by atoms with Gasteiger partial charge in [-0.05, 0) is 28.7 Å². The molecule has 2 atom stereocenters. The van der Waals surface area contributed by atoms with Crippen molar-refractivity contribution < 1.29 is 29.3 Å². The minimum absolute atomic E-state index is 0.0252. The fourth-order valence-electron chi connectivity index (χ4n) is 3.01. The molecule has 0 saturated carbocycles. The Kier molecular flexibility index (Phi) is 8.05. The lowest BCUT2D eigenvalue weighted by molar-refractivity contribution is -0.159. The lowest BCUT2D eigenvalue weighted by atomic mass is 9.88. The van der Waals surface area contributed by atoms with Crippen molar-refractivity contribution in [3.63, 3.8) is 0 Å². The number of rotatable bonds is 6. The third-order valence-electron chi connectivity index (χ3n) is 4.82. The van der Waals surface area contributed by atoms with E-state index in [0.717, 1.165) is 0 Å². The molecule has 1 aromatic carbocycles. The van der Waals surface area contributed by atoms with Crippen molar-refractivity contribution in [2.45, 2.75) is 46.0 Å². The third kappa shape index (κ3) is 6.32. The maximum Gasteiger partial charge on any atom is 0.404 e. The summed E-state index contributed by atoms with van der Waals surface area (Å²) in [7, 11) is 0. The molecule has 9 nitrogen and oxygen atoms in total. The van der Waals surface area contributed by atoms with Crippen molar-refractivity contribution in [3.8, 4) is 0 Å². The molecule has 4 N–H and O–H groups in total. The van der Waals surface area contributed by atoms with Crippen LogP contribution in [0, 0.1) is 5.41 Å². The van der Waals surface area contributed by atoms with Gasteiger partial charge in [0.15, 0.2) is 0 Å². The van der Waals surface area contributed by atoms with E-state index in [2.05, 4.69) is 10.6 Å². The Hall–Kier alpha value is -2.36. The molecule has 1 heterocycles. The molecular formula is C20H28ClN3O6. The number of carbonyl (C=O) groups is 3. The van der Waals surface area contributed by atoms with Gasteiger partial charge in [-0.2, -0.15) is 0 Å². The Morgan fingerprint density at radius 1 is 1.23 bits per heavy atom. The number of carboxylic acid groups (broad SMARTS) is 1. The lowest BCUT2D eigenvalue weighted by Crippen LogP contribution is -2.59. The molecule has 0 spiro atoms. The molecule has 1 aromatic rings. The fourth-order valence-corrected chi connectivity index (χ4v) is 3.21. The summed E-state index contributed by atoms with van der Waals surface area (Å²) in [6, 6.07) is 4.08. The van der Waals surface area contributed by atoms with Crippen molar-refractivity contribution in [1.29, 1.82) is 0 Å². The monoisotopic (exact) mass is 441 g/mol. The number of amides is 3. The van der Waals surface area contributed by atoms with Gasteiger partial charge >= 0.3 is 6.09 Å². The van der Waals surface area contributed by atoms with E-state index < -0.39 is 35.5 Å². The number of carbonyl (C=O) groups excluding carboxylic acids is 2. The SMILES string of the molecule is CC(C)(C)[C@@H](O)C(=O)N1CCOC[C@H]1C(=O)NCc1cc(Cl)ccc1CNC(=O)O. The topological polar surface area (TPSA) is 128 Å². The second-order valence-electron chi connectivity index (χ2n) is 8.18. The summed E-state index contributed by atoms with van der Waals surface area (Å²) in [5.74, 6) is -0.943. The Bertz CT molecular complexity index is 795. The first-order chi connectivity index (χ1) is 14.0. The van der Waals surface area contributed by atoms with Gasteiger partial charge in [0, 0.05) is 24.7 Å². The molecule has 0 bridgehead atoms. The number of nitrogens with zero attached hydrogens (tertiary/aromatic N) is 1. The fraction of sp³-hybridized carbons (Fsp3) is 0.550. The van der Waals surface area contributed by atoms with Gasteiger partial charge in [-0.1, -0.05) is 38.4 Å². The van der Waals surface area contributed by atoms with Gasteiger partial charge in [0.25, 0.3) is 5.91 Å². The Balaban J connectivity index is 2.10. The number of nitrogens with one attached hydrogen (secondary N) is 2. The molecule has 2 rings (SSSR count). The van der Waals surface area contributed by atoms with E-state index in [0.29, 0.717) is 16.1 Å². The summed E-state index contributed by atoms with van der Waals surface area (Å²) in [4.78, 5) is 37.7. The highest BCUT2D eigenvalue weighted by atomic mass is 35.5. The Labute approximate surface area is 180 Å². The average Bonchev–Trinajstić information content (AvgIpc) is 2.69. The highest BCUT2D eigenvalue weighted by Gasteiger charge is 2.39. The van der Waals surface area contributed by atoms with Gasteiger partial charge in [-0.3, -0.25) is 9.59 Å². The van der Waals surface area contributed by atoms with E-state index in [1.165, 1.54) is 4.90 Å². The molecule has 0 unspecified atom stereocenters. The molecule has 0 radical (unpaired) electrons. The van der Waals surface area contributed by atoms with Crippen molar-refractivity contribution in [2.75, 3.05) is 19.8 Å². The van der Waals surface area contributed by atoms with Crippen LogP contribution in [0.4, 0.5) is 4.79 Å². The molecule has 1 aliphatic rings. The number of hydrogen-bond donors (Lipinski definition) is 4. The van der Waals surface area contributed by atoms with Crippen LogP contribution in [0.2, 0.25) is 5.02 Å². The average molecular weight is 442 g/mol. The lowest BCUT2D eigenvalue weighted by Gasteiger charge is -2.38. The predicted octanol–water partition coefficient (Wildman–Crippen LogP) is 1.36. The standard InChI is InChI=1S/C20H28ClN3O6/c1-20(2,3)16(25)18(27)24-6-7-30-11-15(24)17(26)22-10-13-8-14(21)5-4-12(13)9-23-19(28)29/h4-5,8,15-16,23,25H,6-7,9-11H2,1-3H3,(H,22,26)(H,28,29)/t15-,16-/m0/s1. The summed E-state index contributed by atoms with van der Waals surface area (Å²) in [5, 5.41) is 24.7. The highest BCUT2D eigenvalue weighted by Crippen LogP contribution is 2.23. The first kappa shape index (κ1) is 23.9. The first-order valence-electron chi connectivity index (χ1n) is 9.59. The molecule has 30 heavy (non-hydrogen) atoms. The second kappa shape index (κ2) is 10.1. The maximum atomic E-state index is 12.8. The molecule has 166 valence electrons. The summed E-state index contributed by atoms with van der Waals surface area (Å²) < 4.78 is 5.38. The largest absolute Gasteiger partial charge is 0.465 e. The van der Waals surface area contributed by atoms with E-state index in [9.17, 15) is 19.5 Å². The summed E-state index contributed by atoms with van der Waals surface area (Å²) >= 11 is 6.04. The van der Waals surface area contributed by atoms with Crippen LogP contribution in [0.3, 0.4) is 0 Å². The predicted molar refractivity (Wildman–Crippen MR) is 110 cm³/mol. The van der Waals surface area contributed by atoms with E-state index in [-0.39, 0.29) is 32.8 Å². The Morgan fingerprint density at radius 3 is 2.53 bits per heavy atom. The summed E-state index contributed by atoms with van der Waals surface area (Å²) in [6.07, 6.45) is -2.40. The van der Waals surface area contributed by atoms with Gasteiger partial charge in [-0.15, -0.1) is 0 Å². The Morgan fingerprint density at radius 2 is 1.90 bits per heavy atom. The number of halogens is 1. The van der Waals surface area contributed by atoms with Crippen LogP contribution in [0.1, 0.15) is 31.9 Å². The zero-order valence-corrected chi connectivity index (χ0v) is 18.0. The number of aliphatic hydroxyl groups excluding tert-OH is 1. The van der Waals surface area contributed by atoms with Gasteiger partial charge in [0.2, 0.25) is 5.91 Å². The molecule has 1 aliphatic heterocycles. The van der Waals surface area contributed by atoms with E-state index in [4.69, 9.17) is 21.4 Å². The van der Waals surface area contributed by atoms with Gasteiger partial charge in [0.05, 0.1) is 13.2 Å². The van der Waals surface area contributed by atoms with Gasteiger partial charge in [-0.25, -0.2) is 4.79 Å². The van der Waals surface area contributed by atoms with Gasteiger partial charge in [0.1, 0.15) is 12.1 Å². The van der Waals surface area contributed by atoms with Crippen LogP contribution in [0.5, 0.6) is 0 Å². The minimum Gasteiger partial charge on any atom is -0.465 e. The van der Waals surface area contributed by atoms with Crippen LogP contribution in [-0.2, 0) is 27.4 Å². The molecule has 3 amide bonds. The first-order valence-corrected chi connectivity index (χ1v) is 9.96. The number of aliphatic hydroxyl groups is 1. The van der Waals surface area contributed by atoms with Crippen LogP contribution >= 0.6 is 11.6 Å². The van der Waals surface area contributed by atoms with Gasteiger partial charge < -0.3 is 30.5 Å². The minimum atomic E-state index is -1.24. The van der Waals surface area contributed by atoms with Crippen molar-refractivity contribution in [3.05, 3.63) is 34.3 Å². The maximum absolute atomic E-state index is 12.8. The molecule has 1 fully saturated rings. The van der Waals surface area contributed by atoms with Crippen LogP contribution in [0.15, 0.2) is 18.2 Å². The zero-order chi connectivity index (χ0) is 22.5. The molecule has 0 aliphatic carbocycles. The number of hydrogen-bond acceptors (Lipinski definition) is 5. The molecule has 0 aromatic heterocycles. The van der Waals surface area contributed by atoms with Crippen molar-refractivity contribution in [2.24, 2.45) is 5.41 Å². The summed E-state index contributed by atoms with van der Waals surface area (Å²) in [5.41, 5.74) is 0.649. The van der Waals surface area contributed by atoms with Crippen LogP contribution in [-0.4, -0.2) is 64.9 Å². The molecule has 10 heteroatoms. The van der Waals surface area contributed by atoms with E-state index >= 15 is 0 Å². The van der Waals surface area contributed by atoms with Crippen molar-refractivity contribution in [1.82, 2.24) is 15.5 Å². The number of ether oxygens (including phenoxy) is 1. The summed E-state index contributed by atoms with van der Waals surface area (Å²) in [6.45, 7) is 5.91. The third-order valence-corrected chi connectivity index (χ3v) is 5.05. The molecular weight excluding hydrogens is 414 g/mol.